The standard InChI is InChI=1S/C16H14N2O2S.C9H16N4OS/c1-11(19)18(2)13-8-4-5-9-14(13)20-16-17-12-7-3-6-10-15(12)21-16;1-3-5-6-7-8(14)13(10)9(12-11-7)15-4-2/h3-10H,1-2H3;3-6,10H2,1-2H3. The summed E-state index contributed by atoms with van der Waals surface area (Å²) in [4.78, 5) is 29.2. The Hall–Kier alpha value is -3.44. The number of thiazole rings is 1. The molecule has 0 aliphatic heterocycles. The minimum atomic E-state index is -0.227. The van der Waals surface area contributed by atoms with Crippen molar-refractivity contribution in [2.45, 2.75) is 45.2 Å². The maximum Gasteiger partial charge on any atom is 0.294 e. The molecule has 2 aromatic carbocycles. The predicted octanol–water partition coefficient (Wildman–Crippen LogP) is 4.88. The first kappa shape index (κ1) is 27.2. The maximum atomic E-state index is 11.7. The summed E-state index contributed by atoms with van der Waals surface area (Å²) >= 11 is 2.90. The number of nitrogens with zero attached hydrogens (tertiary/aromatic N) is 5. The average Bonchev–Trinajstić information content (AvgIpc) is 3.29. The molecule has 0 radical (unpaired) electrons. The largest absolute Gasteiger partial charge is 0.429 e. The zero-order valence-corrected chi connectivity index (χ0v) is 22.4. The van der Waals surface area contributed by atoms with E-state index in [1.54, 1.807) is 11.9 Å². The highest BCUT2D eigenvalue weighted by Gasteiger charge is 2.14. The van der Waals surface area contributed by atoms with Gasteiger partial charge in [0.15, 0.2) is 5.75 Å². The van der Waals surface area contributed by atoms with Gasteiger partial charge in [-0.15, -0.1) is 10.2 Å². The lowest BCUT2D eigenvalue weighted by molar-refractivity contribution is -0.116. The quantitative estimate of drug-likeness (QED) is 0.255. The number of para-hydroxylation sites is 3. The van der Waals surface area contributed by atoms with Crippen molar-refractivity contribution in [3.63, 3.8) is 0 Å². The van der Waals surface area contributed by atoms with E-state index in [9.17, 15) is 9.59 Å². The van der Waals surface area contributed by atoms with Gasteiger partial charge in [0.25, 0.3) is 10.8 Å². The second-order valence-corrected chi connectivity index (χ2v) is 9.96. The fraction of sp³-hybridized carbons (Fsp3) is 0.320. The van der Waals surface area contributed by atoms with Crippen LogP contribution in [-0.4, -0.2) is 38.6 Å². The normalized spacial score (nSPS) is 10.6. The molecule has 2 heterocycles. The number of amides is 1. The molecule has 0 aliphatic carbocycles. The summed E-state index contributed by atoms with van der Waals surface area (Å²) in [6.07, 6.45) is 2.61. The number of benzene rings is 2. The van der Waals surface area contributed by atoms with Crippen LogP contribution in [0.4, 0.5) is 5.69 Å². The number of carbonyl (C=O) groups is 1. The molecule has 190 valence electrons. The molecule has 0 spiro atoms. The van der Waals surface area contributed by atoms with Gasteiger partial charge < -0.3 is 15.5 Å². The Bertz CT molecular complexity index is 1340. The van der Waals surface area contributed by atoms with Crippen molar-refractivity contribution >= 4 is 44.9 Å². The van der Waals surface area contributed by atoms with Gasteiger partial charge >= 0.3 is 0 Å². The van der Waals surface area contributed by atoms with E-state index in [2.05, 4.69) is 22.1 Å². The Morgan fingerprint density at radius 1 is 1.14 bits per heavy atom. The number of anilines is 1. The van der Waals surface area contributed by atoms with Crippen LogP contribution in [0.25, 0.3) is 10.2 Å². The highest BCUT2D eigenvalue weighted by Crippen LogP contribution is 2.35. The third-order valence-corrected chi connectivity index (χ3v) is 6.88. The minimum absolute atomic E-state index is 0.0460. The predicted molar refractivity (Wildman–Crippen MR) is 147 cm³/mol. The van der Waals surface area contributed by atoms with Crippen LogP contribution < -0.4 is 21.0 Å². The van der Waals surface area contributed by atoms with Gasteiger partial charge in [0.1, 0.15) is 5.69 Å². The molecule has 0 bridgehead atoms. The van der Waals surface area contributed by atoms with Crippen LogP contribution in [0.15, 0.2) is 58.5 Å². The van der Waals surface area contributed by atoms with E-state index in [0.717, 1.165) is 39.2 Å². The van der Waals surface area contributed by atoms with E-state index < -0.39 is 0 Å². The zero-order valence-electron chi connectivity index (χ0n) is 20.8. The molecular weight excluding hydrogens is 496 g/mol. The second kappa shape index (κ2) is 13.0. The number of hydrogen-bond acceptors (Lipinski definition) is 9. The number of nitrogens with two attached hydrogens (primary N) is 1. The monoisotopic (exact) mass is 526 g/mol. The molecule has 2 N–H and O–H groups in total. The van der Waals surface area contributed by atoms with Crippen molar-refractivity contribution in [3.05, 3.63) is 64.6 Å². The highest BCUT2D eigenvalue weighted by molar-refractivity contribution is 7.99. The van der Waals surface area contributed by atoms with Gasteiger partial charge in [0.2, 0.25) is 11.1 Å². The molecule has 1 amide bonds. The number of ether oxygens (including phenoxy) is 1. The molecule has 0 saturated carbocycles. The highest BCUT2D eigenvalue weighted by atomic mass is 32.2. The van der Waals surface area contributed by atoms with Crippen molar-refractivity contribution in [1.29, 1.82) is 0 Å². The Balaban J connectivity index is 0.000000214. The number of aryl methyl sites for hydroxylation is 1. The van der Waals surface area contributed by atoms with Gasteiger partial charge in [-0.05, 0) is 42.9 Å². The molecule has 0 fully saturated rings. The van der Waals surface area contributed by atoms with Crippen LogP contribution >= 0.6 is 23.1 Å². The van der Waals surface area contributed by atoms with E-state index in [1.165, 1.54) is 30.0 Å². The van der Waals surface area contributed by atoms with Crippen molar-refractivity contribution in [2.24, 2.45) is 0 Å². The smallest absolute Gasteiger partial charge is 0.294 e. The summed E-state index contributed by atoms with van der Waals surface area (Å²) in [6.45, 7) is 5.56. The Kier molecular flexibility index (Phi) is 9.83. The lowest BCUT2D eigenvalue weighted by atomic mass is 10.2. The number of unbranched alkanes of at least 4 members (excludes halogenated alkanes) is 1. The molecule has 9 nitrogen and oxygen atoms in total. The van der Waals surface area contributed by atoms with Crippen LogP contribution in [0.5, 0.6) is 10.9 Å². The van der Waals surface area contributed by atoms with Crippen LogP contribution in [0, 0.1) is 0 Å². The first-order valence-electron chi connectivity index (χ1n) is 11.6. The third kappa shape index (κ3) is 6.82. The minimum Gasteiger partial charge on any atom is -0.429 e. The number of nitrogen functional groups attached to an aromatic ring is 1. The molecule has 0 aliphatic rings. The third-order valence-electron chi connectivity index (χ3n) is 5.14. The molecule has 4 aromatic rings. The molecule has 11 heteroatoms. The Morgan fingerprint density at radius 3 is 2.56 bits per heavy atom. The lowest BCUT2D eigenvalue weighted by Crippen LogP contribution is -2.33. The number of fused-ring (bicyclic) bond motifs is 1. The van der Waals surface area contributed by atoms with E-state index in [-0.39, 0.29) is 11.5 Å². The SMILES string of the molecule is CC(=O)N(C)c1ccccc1Oc1nc2ccccc2s1.CCCCc1nnc(SCC)n(N)c1=O. The molecule has 2 aromatic heterocycles. The van der Waals surface area contributed by atoms with Gasteiger partial charge in [-0.1, -0.05) is 67.6 Å². The zero-order chi connectivity index (χ0) is 26.1. The summed E-state index contributed by atoms with van der Waals surface area (Å²) in [5.41, 5.74) is 1.87. The fourth-order valence-electron chi connectivity index (χ4n) is 3.13. The van der Waals surface area contributed by atoms with Gasteiger partial charge in [0, 0.05) is 14.0 Å². The molecule has 4 rings (SSSR count). The average molecular weight is 527 g/mol. The van der Waals surface area contributed by atoms with E-state index in [0.29, 0.717) is 28.2 Å². The topological polar surface area (TPSA) is 116 Å². The summed E-state index contributed by atoms with van der Waals surface area (Å²) in [5.74, 6) is 7.01. The molecule has 0 saturated heterocycles. The van der Waals surface area contributed by atoms with Gasteiger partial charge in [-0.25, -0.2) is 4.98 Å². The van der Waals surface area contributed by atoms with Crippen molar-refractivity contribution in [3.8, 4) is 10.9 Å². The van der Waals surface area contributed by atoms with Crippen molar-refractivity contribution in [1.82, 2.24) is 19.9 Å². The van der Waals surface area contributed by atoms with Crippen LogP contribution in [0.3, 0.4) is 0 Å². The number of carbonyl (C=O) groups excluding carboxylic acids is 1. The second-order valence-electron chi connectivity index (χ2n) is 7.74. The molecule has 0 atom stereocenters. The number of rotatable bonds is 8. The number of thioether (sulfide) groups is 1. The summed E-state index contributed by atoms with van der Waals surface area (Å²) in [6, 6.07) is 15.3. The van der Waals surface area contributed by atoms with E-state index >= 15 is 0 Å². The summed E-state index contributed by atoms with van der Waals surface area (Å²) in [5, 5.41) is 8.89. The number of hydrogen-bond donors (Lipinski definition) is 1. The van der Waals surface area contributed by atoms with E-state index in [1.807, 2.05) is 55.5 Å². The van der Waals surface area contributed by atoms with Gasteiger partial charge in [0.05, 0.1) is 15.9 Å². The van der Waals surface area contributed by atoms with Crippen LogP contribution in [-0.2, 0) is 11.2 Å². The van der Waals surface area contributed by atoms with Crippen molar-refractivity contribution in [2.75, 3.05) is 23.5 Å². The van der Waals surface area contributed by atoms with Gasteiger partial charge in [-0.2, -0.15) is 4.68 Å². The Labute approximate surface area is 218 Å². The first-order chi connectivity index (χ1) is 17.3. The molecule has 0 unspecified atom stereocenters. The van der Waals surface area contributed by atoms with Crippen molar-refractivity contribution < 1.29 is 9.53 Å². The Morgan fingerprint density at radius 2 is 1.86 bits per heavy atom. The summed E-state index contributed by atoms with van der Waals surface area (Å²) < 4.78 is 8.04. The lowest BCUT2D eigenvalue weighted by Gasteiger charge is -2.18. The summed E-state index contributed by atoms with van der Waals surface area (Å²) in [7, 11) is 1.73. The first-order valence-corrected chi connectivity index (χ1v) is 13.4. The molecule has 36 heavy (non-hydrogen) atoms. The van der Waals surface area contributed by atoms with E-state index in [4.69, 9.17) is 10.6 Å². The molecular formula is C25H30N6O3S2. The van der Waals surface area contributed by atoms with Gasteiger partial charge in [-0.3, -0.25) is 9.59 Å². The fourth-order valence-corrected chi connectivity index (χ4v) is 4.53. The number of aromatic nitrogens is 4. The van der Waals surface area contributed by atoms with Crippen LogP contribution in [0.1, 0.15) is 39.3 Å². The maximum absolute atomic E-state index is 11.7. The van der Waals surface area contributed by atoms with Crippen LogP contribution in [0.2, 0.25) is 0 Å².